The minimum absolute atomic E-state index is 0.0411. The van der Waals surface area contributed by atoms with E-state index in [9.17, 15) is 5.11 Å². The number of halogens is 5. The van der Waals surface area contributed by atoms with Gasteiger partial charge >= 0.3 is 0 Å². The molecule has 9 fully saturated rings. The second-order valence-electron chi connectivity index (χ2n) is 37.5. The number of anilines is 4. The maximum absolute atomic E-state index is 10.5. The van der Waals surface area contributed by atoms with E-state index in [2.05, 4.69) is 229 Å². The minimum Gasteiger partial charge on any atom is -0.390 e. The van der Waals surface area contributed by atoms with Gasteiger partial charge in [-0.05, 0) is 276 Å². The van der Waals surface area contributed by atoms with Crippen molar-refractivity contribution >= 4 is 104 Å². The van der Waals surface area contributed by atoms with E-state index < -0.39 is 0 Å². The van der Waals surface area contributed by atoms with E-state index >= 15 is 0 Å². The highest BCUT2D eigenvalue weighted by atomic mass is 35.5. The van der Waals surface area contributed by atoms with E-state index in [4.69, 9.17) is 87.9 Å². The number of hydrogen-bond donors (Lipinski definition) is 1. The van der Waals surface area contributed by atoms with E-state index in [0.29, 0.717) is 28.3 Å². The Labute approximate surface area is 785 Å². The van der Waals surface area contributed by atoms with Crippen molar-refractivity contribution < 1.29 is 5.11 Å². The molecular formula is C99H127Cl5N24O. The number of fused-ring (bicyclic) bond motifs is 5. The molecule has 9 atom stereocenters. The van der Waals surface area contributed by atoms with Crippen LogP contribution in [-0.2, 0) is 6.61 Å². The Hall–Kier alpha value is -8.35. The first-order chi connectivity index (χ1) is 62.7. The summed E-state index contributed by atoms with van der Waals surface area (Å²) >= 11 is 34.3. The Morgan fingerprint density at radius 2 is 0.651 bits per heavy atom. The third-order valence-electron chi connectivity index (χ3n) is 29.7. The fourth-order valence-electron chi connectivity index (χ4n) is 22.4. The second kappa shape index (κ2) is 40.2. The zero-order chi connectivity index (χ0) is 89.4. The van der Waals surface area contributed by atoms with Crippen molar-refractivity contribution in [3.05, 3.63) is 234 Å². The molecule has 12 aromatic rings. The zero-order valence-corrected chi connectivity index (χ0v) is 80.4. The van der Waals surface area contributed by atoms with Gasteiger partial charge in [0.1, 0.15) is 61.3 Å². The van der Waals surface area contributed by atoms with Crippen molar-refractivity contribution in [3.8, 4) is 0 Å². The zero-order valence-electron chi connectivity index (χ0n) is 76.6. The molecule has 30 heteroatoms. The third-order valence-corrected chi connectivity index (χ3v) is 31.4. The van der Waals surface area contributed by atoms with Crippen molar-refractivity contribution in [1.29, 1.82) is 0 Å². The van der Waals surface area contributed by atoms with Crippen LogP contribution < -0.4 is 19.6 Å². The fourth-order valence-corrected chi connectivity index (χ4v) is 23.9. The molecule has 1 N–H and O–H groups in total. The maximum Gasteiger partial charge on any atom is 0.139 e. The van der Waals surface area contributed by atoms with Gasteiger partial charge in [-0.25, -0.2) is 19.9 Å². The van der Waals surface area contributed by atoms with Gasteiger partial charge < -0.3 is 39.4 Å². The van der Waals surface area contributed by atoms with E-state index in [-0.39, 0.29) is 48.9 Å². The number of hydrogen-bond acceptors (Lipinski definition) is 21. The van der Waals surface area contributed by atoms with Crippen molar-refractivity contribution in [3.63, 3.8) is 0 Å². The topological polar surface area (TPSA) is 180 Å². The summed E-state index contributed by atoms with van der Waals surface area (Å²) < 4.78 is 8.63. The van der Waals surface area contributed by atoms with Crippen molar-refractivity contribution in [2.75, 3.05) is 168 Å². The summed E-state index contributed by atoms with van der Waals surface area (Å²) in [5.41, 5.74) is 15.2. The van der Waals surface area contributed by atoms with Crippen LogP contribution in [0.4, 0.5) is 23.3 Å². The lowest BCUT2D eigenvalue weighted by molar-refractivity contribution is 0.108. The van der Waals surface area contributed by atoms with Crippen molar-refractivity contribution in [1.82, 2.24) is 96.7 Å². The number of piperidine rings is 5. The first-order valence-corrected chi connectivity index (χ1v) is 48.9. The predicted octanol–water partition coefficient (Wildman–Crippen LogP) is 18.2. The number of likely N-dealkylation sites (tertiary alicyclic amines) is 4. The van der Waals surface area contributed by atoms with Gasteiger partial charge in [-0.3, -0.25) is 62.0 Å². The molecule has 0 radical (unpaired) electrons. The number of nitrogens with zero attached hydrogens (tertiary/aromatic N) is 24. The number of imidazole rings is 4. The Morgan fingerprint density at radius 1 is 0.326 bits per heavy atom. The van der Waals surface area contributed by atoms with Crippen LogP contribution in [0.2, 0.25) is 25.5 Å². The van der Waals surface area contributed by atoms with Gasteiger partial charge in [0, 0.05) is 122 Å². The maximum atomic E-state index is 10.5. The average Bonchev–Trinajstić information content (AvgIpc) is 1.63. The Bertz CT molecular complexity index is 5850. The molecule has 21 heterocycles. The van der Waals surface area contributed by atoms with Gasteiger partial charge in [0.05, 0.1) is 116 Å². The summed E-state index contributed by atoms with van der Waals surface area (Å²) in [7, 11) is 17.4. The smallest absolute Gasteiger partial charge is 0.139 e. The van der Waals surface area contributed by atoms with Crippen LogP contribution in [-0.4, -0.2) is 262 Å². The summed E-state index contributed by atoms with van der Waals surface area (Å²) in [5, 5.41) is 14.1. The number of likely N-dealkylation sites (N-methyl/N-ethyl adjacent to an activating group) is 2. The quantitative estimate of drug-likeness (QED) is 0.108. The van der Waals surface area contributed by atoms with Crippen LogP contribution in [0.1, 0.15) is 213 Å². The molecule has 1 unspecified atom stereocenters. The molecule has 9 aliphatic heterocycles. The number of pyridine rings is 8. The fraction of sp³-hybridized carbons (Fsp3) is 0.515. The normalized spacial score (nSPS) is 24.1. The van der Waals surface area contributed by atoms with Crippen LogP contribution in [0.25, 0.3) is 22.6 Å². The molecule has 9 saturated heterocycles. The highest BCUT2D eigenvalue weighted by Gasteiger charge is 2.42. The number of rotatable bonds is 14. The second-order valence-corrected chi connectivity index (χ2v) is 39.4. The van der Waals surface area contributed by atoms with Crippen LogP contribution in [0, 0.1) is 13.8 Å². The molecule has 0 bridgehead atoms. The Balaban J connectivity index is 0.000000116. The van der Waals surface area contributed by atoms with Gasteiger partial charge in [0.25, 0.3) is 0 Å². The van der Waals surface area contributed by atoms with E-state index in [1.807, 2.05) is 73.3 Å². The number of aliphatic hydroxyl groups excluding tert-OH is 1. The average molecular weight is 1850 g/mol. The highest BCUT2D eigenvalue weighted by molar-refractivity contribution is 6.32. The lowest BCUT2D eigenvalue weighted by atomic mass is 9.91. The molecule has 0 aromatic carbocycles. The monoisotopic (exact) mass is 1840 g/mol. The molecule has 684 valence electrons. The van der Waals surface area contributed by atoms with Crippen LogP contribution in [0.15, 0.2) is 146 Å². The highest BCUT2D eigenvalue weighted by Crippen LogP contribution is 2.49. The predicted molar refractivity (Wildman–Crippen MR) is 522 cm³/mol. The first kappa shape index (κ1) is 91.2. The lowest BCUT2D eigenvalue weighted by Crippen LogP contribution is -2.50. The van der Waals surface area contributed by atoms with Gasteiger partial charge in [0.15, 0.2) is 0 Å². The summed E-state index contributed by atoms with van der Waals surface area (Å²) in [6, 6.07) is 44.1. The molecule has 9 aliphatic rings. The third kappa shape index (κ3) is 18.6. The number of aromatic nitrogens is 12. The van der Waals surface area contributed by atoms with Crippen molar-refractivity contribution in [2.45, 2.75) is 184 Å². The molecule has 0 saturated carbocycles. The minimum atomic E-state index is -0.0411. The van der Waals surface area contributed by atoms with Crippen LogP contribution in [0.3, 0.4) is 0 Å². The molecule has 0 aliphatic carbocycles. The molecule has 129 heavy (non-hydrogen) atoms. The molecule has 0 spiro atoms. The number of aryl methyl sites for hydroxylation is 2. The molecule has 0 amide bonds. The van der Waals surface area contributed by atoms with E-state index in [0.717, 1.165) is 257 Å². The van der Waals surface area contributed by atoms with Gasteiger partial charge in [-0.1, -0.05) is 94.4 Å². The van der Waals surface area contributed by atoms with Crippen LogP contribution >= 0.6 is 58.0 Å². The summed E-state index contributed by atoms with van der Waals surface area (Å²) in [6.45, 7) is 18.9. The van der Waals surface area contributed by atoms with E-state index in [1.165, 1.54) is 60.6 Å². The SMILES string of the molecule is CN1CCN(c2cccc3nc([C@H]4CCC[C@@H](c5ncccc5Cl)N4C)c(CO)n23)CC1.CN1CCN(c2cccc3nc([C@H]4CCC[C@@H](c5ncccc5Cl)N4C)c(Cl)n23)CC1.Cc1cccnc1[C@@H]1CCC[C@H](c2nc3cccc(N4CCC(N(C)C)CC4)n3c2Cl)N1C.Cc1cccnc1[C@@H]1CCC[C@H](c2nc3cccc(N4CCN5CCCC5C4)n3c2Cl)N1C. The van der Waals surface area contributed by atoms with Gasteiger partial charge in [-0.2, -0.15) is 0 Å². The molecule has 21 rings (SSSR count). The van der Waals surface area contributed by atoms with Crippen LogP contribution in [0.5, 0.6) is 0 Å². The molecule has 12 aromatic heterocycles. The molecular weight excluding hydrogens is 1720 g/mol. The van der Waals surface area contributed by atoms with Gasteiger partial charge in [0.2, 0.25) is 0 Å². The Kier molecular flexibility index (Phi) is 28.4. The lowest BCUT2D eigenvalue weighted by Gasteiger charge is -2.39. The Morgan fingerprint density at radius 3 is 1.03 bits per heavy atom. The number of piperazine rings is 3. The summed E-state index contributed by atoms with van der Waals surface area (Å²) in [5.74, 6) is 4.57. The summed E-state index contributed by atoms with van der Waals surface area (Å²) in [4.78, 5) is 67.9. The summed E-state index contributed by atoms with van der Waals surface area (Å²) in [6.07, 6.45) is 25.3. The standard InChI is InChI=1S/C26H33ClN6.C26H35ClN6.C24H31ClN6O.C23H28Cl2N6/c1-18-7-5-13-28-24(18)20-9-3-10-21(30(20)2)25-26(27)33-22(29-25)11-4-12-23(33)32-16-15-31-14-6-8-19(31)17-32;1-18-8-7-15-28-24(18)20-9-5-10-21(31(20)4)25-26(27)33-22(29-25)11-6-12-23(33)32-16-13-19(14-17-32)30(2)3;1-28-12-14-30(15-13-28)22-10-4-9-21-27-24(20(16-32)31(21)22)19-8-3-7-18(29(19)2)23-17(25)6-5-11-26-23;1-28-12-14-30(15-13-28)20-10-4-9-19-27-22(23(25)31(19)20)18-8-3-7-17(29(18)2)21-16(24)6-5-11-26-21/h4-5,7,11-13,19-21H,3,6,8-10,14-17H2,1-2H3;6-8,11-12,15,19-21H,5,9-10,13-14,16-17H2,1-4H3;4-6,9-11,18-19,32H,3,7-8,12-16H2,1-2H3;4-6,9-11,17-18H,3,7-8,12-15H2,1-2H3/t19?,20-,21+;20-,21+;18-,19+;17-,18+/m0000/s1. The first-order valence-electron chi connectivity index (χ1n) is 47.0. The molecule has 25 nitrogen and oxygen atoms in total. The van der Waals surface area contributed by atoms with E-state index in [1.54, 1.807) is 0 Å². The van der Waals surface area contributed by atoms with Gasteiger partial charge in [-0.15, -0.1) is 0 Å². The van der Waals surface area contributed by atoms with Crippen molar-refractivity contribution in [2.24, 2.45) is 0 Å². The number of aliphatic hydroxyl groups is 1. The largest absolute Gasteiger partial charge is 0.390 e.